The lowest BCUT2D eigenvalue weighted by Gasteiger charge is -2.16. The van der Waals surface area contributed by atoms with E-state index in [4.69, 9.17) is 18.9 Å². The summed E-state index contributed by atoms with van der Waals surface area (Å²) in [6.07, 6.45) is 0. The van der Waals surface area contributed by atoms with E-state index >= 15 is 0 Å². The van der Waals surface area contributed by atoms with Crippen LogP contribution in [0, 0.1) is 11.8 Å². The second-order valence-electron chi connectivity index (χ2n) is 4.65. The maximum absolute atomic E-state index is 11.9. The lowest BCUT2D eigenvalue weighted by molar-refractivity contribution is -0.161. The average Bonchev–Trinajstić information content (AvgIpc) is 2.55. The number of thioether (sulfide) groups is 1. The van der Waals surface area contributed by atoms with Gasteiger partial charge in [0.15, 0.2) is 11.8 Å². The molecule has 8 nitrogen and oxygen atoms in total. The van der Waals surface area contributed by atoms with Crippen LogP contribution in [0.4, 0.5) is 0 Å². The Balaban J connectivity index is 4.86. The highest BCUT2D eigenvalue weighted by Crippen LogP contribution is 2.18. The minimum Gasteiger partial charge on any atom is -0.465 e. The van der Waals surface area contributed by atoms with Crippen molar-refractivity contribution in [1.82, 2.24) is 0 Å². The third kappa shape index (κ3) is 8.76. The standard InChI is InChI=1S/C16H26O8S/c1-5-21-13(17)11(14(18)22-6-2)9-25-10-12(15(19)23-7-3)16(20)24-8-4/h11-12H,5-10H2,1-4H3. The average molecular weight is 378 g/mol. The number of rotatable bonds is 12. The van der Waals surface area contributed by atoms with Gasteiger partial charge in [-0.25, -0.2) is 0 Å². The van der Waals surface area contributed by atoms with E-state index in [1.165, 1.54) is 0 Å². The van der Waals surface area contributed by atoms with Crippen LogP contribution in [0.5, 0.6) is 0 Å². The van der Waals surface area contributed by atoms with Crippen LogP contribution in [-0.4, -0.2) is 61.8 Å². The lowest BCUT2D eigenvalue weighted by Crippen LogP contribution is -2.33. The monoisotopic (exact) mass is 378 g/mol. The van der Waals surface area contributed by atoms with Crippen molar-refractivity contribution >= 4 is 35.6 Å². The molecule has 0 aromatic carbocycles. The van der Waals surface area contributed by atoms with Crippen molar-refractivity contribution in [2.24, 2.45) is 11.8 Å². The molecule has 9 heteroatoms. The van der Waals surface area contributed by atoms with Gasteiger partial charge in [-0.05, 0) is 27.7 Å². The SMILES string of the molecule is CCOC(=O)C(CSCC(C(=O)OCC)C(=O)OCC)C(=O)OCC. The first kappa shape index (κ1) is 23.2. The van der Waals surface area contributed by atoms with E-state index < -0.39 is 35.7 Å². The third-order valence-electron chi connectivity index (χ3n) is 2.85. The predicted octanol–water partition coefficient (Wildman–Crippen LogP) is 1.20. The van der Waals surface area contributed by atoms with E-state index in [9.17, 15) is 19.2 Å². The molecule has 0 aliphatic carbocycles. The second kappa shape index (κ2) is 13.5. The Morgan fingerprint density at radius 3 is 1.04 bits per heavy atom. The minimum atomic E-state index is -1.12. The number of hydrogen-bond donors (Lipinski definition) is 0. The molecule has 25 heavy (non-hydrogen) atoms. The quantitative estimate of drug-likeness (QED) is 0.281. The Hall–Kier alpha value is -1.77. The molecule has 0 atom stereocenters. The maximum Gasteiger partial charge on any atom is 0.321 e. The van der Waals surface area contributed by atoms with Gasteiger partial charge in [-0.3, -0.25) is 19.2 Å². The van der Waals surface area contributed by atoms with Gasteiger partial charge in [-0.1, -0.05) is 0 Å². The van der Waals surface area contributed by atoms with Gasteiger partial charge in [0, 0.05) is 11.5 Å². The third-order valence-corrected chi connectivity index (χ3v) is 3.99. The summed E-state index contributed by atoms with van der Waals surface area (Å²) in [4.78, 5) is 47.6. The molecular weight excluding hydrogens is 352 g/mol. The molecular formula is C16H26O8S. The summed E-state index contributed by atoms with van der Waals surface area (Å²) in [5, 5.41) is 0. The summed E-state index contributed by atoms with van der Waals surface area (Å²) in [7, 11) is 0. The molecule has 0 rings (SSSR count). The van der Waals surface area contributed by atoms with Crippen LogP contribution < -0.4 is 0 Å². The van der Waals surface area contributed by atoms with Crippen LogP contribution in [0.1, 0.15) is 27.7 Å². The Kier molecular flexibility index (Phi) is 12.6. The van der Waals surface area contributed by atoms with Gasteiger partial charge in [-0.15, -0.1) is 0 Å². The fourth-order valence-electron chi connectivity index (χ4n) is 1.74. The molecule has 0 heterocycles. The van der Waals surface area contributed by atoms with Gasteiger partial charge in [0.05, 0.1) is 26.4 Å². The normalized spacial score (nSPS) is 10.5. The van der Waals surface area contributed by atoms with Gasteiger partial charge in [0.1, 0.15) is 0 Å². The van der Waals surface area contributed by atoms with E-state index in [0.717, 1.165) is 11.8 Å². The number of ether oxygens (including phenoxy) is 4. The summed E-state index contributed by atoms with van der Waals surface area (Å²) < 4.78 is 19.5. The molecule has 144 valence electrons. The van der Waals surface area contributed by atoms with Crippen LogP contribution in [-0.2, 0) is 38.1 Å². The Bertz CT molecular complexity index is 375. The van der Waals surface area contributed by atoms with E-state index in [-0.39, 0.29) is 37.9 Å². The molecule has 0 radical (unpaired) electrons. The largest absolute Gasteiger partial charge is 0.465 e. The summed E-state index contributed by atoms with van der Waals surface area (Å²) in [5.41, 5.74) is 0. The zero-order valence-corrected chi connectivity index (χ0v) is 15.9. The first-order valence-corrected chi connectivity index (χ1v) is 9.32. The van der Waals surface area contributed by atoms with Gasteiger partial charge in [0.2, 0.25) is 0 Å². The molecule has 0 amide bonds. The Morgan fingerprint density at radius 1 is 0.600 bits per heavy atom. The van der Waals surface area contributed by atoms with Gasteiger partial charge < -0.3 is 18.9 Å². The molecule has 0 bridgehead atoms. The zero-order chi connectivity index (χ0) is 19.2. The highest BCUT2D eigenvalue weighted by Gasteiger charge is 2.33. The smallest absolute Gasteiger partial charge is 0.321 e. The van der Waals surface area contributed by atoms with Gasteiger partial charge in [0.25, 0.3) is 0 Å². The molecule has 0 aromatic rings. The number of carbonyl (C=O) groups is 4. The molecule has 0 unspecified atom stereocenters. The second-order valence-corrected chi connectivity index (χ2v) is 5.73. The summed E-state index contributed by atoms with van der Waals surface area (Å²) in [6, 6.07) is 0. The van der Waals surface area contributed by atoms with Crippen molar-refractivity contribution < 1.29 is 38.1 Å². The highest BCUT2D eigenvalue weighted by atomic mass is 32.2. The van der Waals surface area contributed by atoms with Crippen molar-refractivity contribution in [3.63, 3.8) is 0 Å². The Labute approximate surface area is 151 Å². The van der Waals surface area contributed by atoms with Crippen LogP contribution in [0.25, 0.3) is 0 Å². The lowest BCUT2D eigenvalue weighted by atomic mass is 10.2. The molecule has 0 aromatic heterocycles. The minimum absolute atomic E-state index is 0.0208. The van der Waals surface area contributed by atoms with Crippen molar-refractivity contribution in [1.29, 1.82) is 0 Å². The maximum atomic E-state index is 11.9. The molecule has 0 spiro atoms. The molecule has 0 N–H and O–H groups in total. The summed E-state index contributed by atoms with van der Waals surface area (Å²) in [5.74, 6) is -4.98. The van der Waals surface area contributed by atoms with E-state index in [1.807, 2.05) is 0 Å². The molecule has 0 saturated heterocycles. The number of hydrogen-bond acceptors (Lipinski definition) is 9. The van der Waals surface area contributed by atoms with Gasteiger partial charge >= 0.3 is 23.9 Å². The molecule has 0 fully saturated rings. The molecule has 0 aliphatic heterocycles. The summed E-state index contributed by atoms with van der Waals surface area (Å²) >= 11 is 1.08. The van der Waals surface area contributed by atoms with Crippen molar-refractivity contribution in [2.45, 2.75) is 27.7 Å². The molecule has 0 aliphatic rings. The highest BCUT2D eigenvalue weighted by molar-refractivity contribution is 7.99. The topological polar surface area (TPSA) is 105 Å². The van der Waals surface area contributed by atoms with Crippen LogP contribution in [0.3, 0.4) is 0 Å². The van der Waals surface area contributed by atoms with E-state index in [1.54, 1.807) is 27.7 Å². The van der Waals surface area contributed by atoms with Crippen molar-refractivity contribution in [2.75, 3.05) is 37.9 Å². The molecule has 0 saturated carbocycles. The van der Waals surface area contributed by atoms with Crippen molar-refractivity contribution in [3.8, 4) is 0 Å². The predicted molar refractivity (Wildman–Crippen MR) is 90.8 cm³/mol. The van der Waals surface area contributed by atoms with Crippen molar-refractivity contribution in [3.05, 3.63) is 0 Å². The Morgan fingerprint density at radius 2 is 0.840 bits per heavy atom. The van der Waals surface area contributed by atoms with Crippen LogP contribution in [0.2, 0.25) is 0 Å². The fourth-order valence-corrected chi connectivity index (χ4v) is 2.89. The van der Waals surface area contributed by atoms with Crippen LogP contribution >= 0.6 is 11.8 Å². The first-order valence-electron chi connectivity index (χ1n) is 8.16. The fraction of sp³-hybridized carbons (Fsp3) is 0.750. The first-order chi connectivity index (χ1) is 11.9. The van der Waals surface area contributed by atoms with E-state index in [0.29, 0.717) is 0 Å². The van der Waals surface area contributed by atoms with Gasteiger partial charge in [-0.2, -0.15) is 11.8 Å². The summed E-state index contributed by atoms with van der Waals surface area (Å²) in [6.45, 7) is 7.05. The van der Waals surface area contributed by atoms with Crippen LogP contribution in [0.15, 0.2) is 0 Å². The van der Waals surface area contributed by atoms with E-state index in [2.05, 4.69) is 0 Å². The number of esters is 4. The number of carbonyl (C=O) groups excluding carboxylic acids is 4. The zero-order valence-electron chi connectivity index (χ0n) is 15.1.